The van der Waals surface area contributed by atoms with Crippen molar-refractivity contribution in [1.29, 1.82) is 0 Å². The topological polar surface area (TPSA) is 88.8 Å². The molecular formula is C19H24N4O4. The van der Waals surface area contributed by atoms with E-state index < -0.39 is 5.60 Å². The Labute approximate surface area is 158 Å². The number of aromatic nitrogens is 2. The lowest BCUT2D eigenvalue weighted by atomic mass is 10.1. The zero-order valence-corrected chi connectivity index (χ0v) is 16.1. The van der Waals surface area contributed by atoms with Gasteiger partial charge in [-0.05, 0) is 52.0 Å². The molecule has 1 aliphatic rings. The first-order valence-corrected chi connectivity index (χ1v) is 8.91. The molecule has 0 bridgehead atoms. The molecule has 0 unspecified atom stereocenters. The average Bonchev–Trinajstić information content (AvgIpc) is 3.06. The minimum atomic E-state index is -0.525. The highest BCUT2D eigenvalue weighted by Crippen LogP contribution is 2.19. The van der Waals surface area contributed by atoms with Crippen molar-refractivity contribution in [3.8, 4) is 11.5 Å². The number of carbonyl (C=O) groups excluding carboxylic acids is 2. The molecule has 1 aliphatic heterocycles. The van der Waals surface area contributed by atoms with Crippen LogP contribution in [0, 0.1) is 6.92 Å². The minimum absolute atomic E-state index is 0.0629. The van der Waals surface area contributed by atoms with Crippen LogP contribution in [0.25, 0.3) is 11.5 Å². The van der Waals surface area contributed by atoms with Gasteiger partial charge in [-0.2, -0.15) is 4.98 Å². The van der Waals surface area contributed by atoms with Crippen molar-refractivity contribution in [3.63, 3.8) is 0 Å². The van der Waals surface area contributed by atoms with Crippen LogP contribution in [0.1, 0.15) is 37.0 Å². The van der Waals surface area contributed by atoms with Crippen molar-refractivity contribution in [1.82, 2.24) is 19.9 Å². The van der Waals surface area contributed by atoms with E-state index in [9.17, 15) is 9.59 Å². The Morgan fingerprint density at radius 2 is 1.63 bits per heavy atom. The number of amides is 2. The average molecular weight is 372 g/mol. The molecule has 2 amide bonds. The van der Waals surface area contributed by atoms with Crippen molar-refractivity contribution < 1.29 is 18.8 Å². The van der Waals surface area contributed by atoms with Gasteiger partial charge in [0.1, 0.15) is 5.60 Å². The second-order valence-corrected chi connectivity index (χ2v) is 7.48. The summed E-state index contributed by atoms with van der Waals surface area (Å²) in [7, 11) is 0. The third kappa shape index (κ3) is 4.64. The molecule has 0 radical (unpaired) electrons. The first kappa shape index (κ1) is 18.9. The Morgan fingerprint density at radius 3 is 2.15 bits per heavy atom. The Kier molecular flexibility index (Phi) is 5.16. The van der Waals surface area contributed by atoms with Gasteiger partial charge in [0.25, 0.3) is 11.8 Å². The van der Waals surface area contributed by atoms with Crippen LogP contribution < -0.4 is 0 Å². The van der Waals surface area contributed by atoms with E-state index in [1.165, 1.54) is 0 Å². The minimum Gasteiger partial charge on any atom is -0.444 e. The van der Waals surface area contributed by atoms with Crippen LogP contribution in [0.5, 0.6) is 0 Å². The van der Waals surface area contributed by atoms with Gasteiger partial charge in [0.15, 0.2) is 5.82 Å². The number of rotatable bonds is 2. The highest BCUT2D eigenvalue weighted by Gasteiger charge is 2.28. The standard InChI is InChI=1S/C19H24N4O4/c1-13-20-16(27-21-13)14-5-7-15(8-6-14)17(24)22-9-11-23(12-10-22)18(25)26-19(2,3)4/h5-8H,9-12H2,1-4H3. The maximum Gasteiger partial charge on any atom is 0.410 e. The summed E-state index contributed by atoms with van der Waals surface area (Å²) < 4.78 is 10.5. The van der Waals surface area contributed by atoms with Crippen LogP contribution in [0.3, 0.4) is 0 Å². The van der Waals surface area contributed by atoms with Crippen LogP contribution in [-0.2, 0) is 4.74 Å². The van der Waals surface area contributed by atoms with Crippen molar-refractivity contribution in [2.75, 3.05) is 26.2 Å². The van der Waals surface area contributed by atoms with Crippen LogP contribution in [0.15, 0.2) is 28.8 Å². The fraction of sp³-hybridized carbons (Fsp3) is 0.474. The molecule has 8 nitrogen and oxygen atoms in total. The summed E-state index contributed by atoms with van der Waals surface area (Å²) in [6.07, 6.45) is -0.339. The third-order valence-electron chi connectivity index (χ3n) is 4.12. The van der Waals surface area contributed by atoms with Crippen LogP contribution in [0.4, 0.5) is 4.79 Å². The normalized spacial score (nSPS) is 15.0. The fourth-order valence-corrected chi connectivity index (χ4v) is 2.77. The number of hydrogen-bond acceptors (Lipinski definition) is 6. The van der Waals surface area contributed by atoms with Gasteiger partial charge in [-0.3, -0.25) is 4.79 Å². The Balaban J connectivity index is 1.58. The molecule has 3 rings (SSSR count). The number of benzene rings is 1. The smallest absolute Gasteiger partial charge is 0.410 e. The summed E-state index contributed by atoms with van der Waals surface area (Å²) in [5, 5.41) is 3.76. The van der Waals surface area contributed by atoms with E-state index in [0.717, 1.165) is 5.56 Å². The van der Waals surface area contributed by atoms with E-state index in [1.54, 1.807) is 41.0 Å². The molecule has 144 valence electrons. The monoisotopic (exact) mass is 372 g/mol. The van der Waals surface area contributed by atoms with Crippen molar-refractivity contribution >= 4 is 12.0 Å². The lowest BCUT2D eigenvalue weighted by Crippen LogP contribution is -2.51. The molecule has 8 heteroatoms. The molecule has 0 atom stereocenters. The predicted octanol–water partition coefficient (Wildman–Crippen LogP) is 2.74. The summed E-state index contributed by atoms with van der Waals surface area (Å²) in [5.41, 5.74) is 0.825. The van der Waals surface area contributed by atoms with E-state index >= 15 is 0 Å². The third-order valence-corrected chi connectivity index (χ3v) is 4.12. The summed E-state index contributed by atoms with van der Waals surface area (Å²) in [5.74, 6) is 0.928. The van der Waals surface area contributed by atoms with E-state index in [4.69, 9.17) is 9.26 Å². The van der Waals surface area contributed by atoms with Crippen LogP contribution in [-0.4, -0.2) is 63.7 Å². The van der Waals surface area contributed by atoms with Gasteiger partial charge in [0.2, 0.25) is 0 Å². The zero-order valence-electron chi connectivity index (χ0n) is 16.1. The van der Waals surface area contributed by atoms with Crippen molar-refractivity contribution in [2.24, 2.45) is 0 Å². The quantitative estimate of drug-likeness (QED) is 0.805. The number of aryl methyl sites for hydroxylation is 1. The molecule has 1 saturated heterocycles. The Hall–Kier alpha value is -2.90. The van der Waals surface area contributed by atoms with Crippen LogP contribution >= 0.6 is 0 Å². The second kappa shape index (κ2) is 7.38. The first-order valence-electron chi connectivity index (χ1n) is 8.91. The lowest BCUT2D eigenvalue weighted by molar-refractivity contribution is 0.0141. The lowest BCUT2D eigenvalue weighted by Gasteiger charge is -2.35. The predicted molar refractivity (Wildman–Crippen MR) is 98.2 cm³/mol. The molecule has 0 N–H and O–H groups in total. The van der Waals surface area contributed by atoms with E-state index in [1.807, 2.05) is 20.8 Å². The van der Waals surface area contributed by atoms with Gasteiger partial charge in [-0.1, -0.05) is 5.16 Å². The van der Waals surface area contributed by atoms with Gasteiger partial charge in [0, 0.05) is 37.3 Å². The summed E-state index contributed by atoms with van der Waals surface area (Å²) in [6.45, 7) is 9.13. The number of carbonyl (C=O) groups is 2. The van der Waals surface area contributed by atoms with Gasteiger partial charge >= 0.3 is 6.09 Å². The zero-order chi connectivity index (χ0) is 19.6. The molecule has 0 saturated carbocycles. The van der Waals surface area contributed by atoms with Gasteiger partial charge in [-0.15, -0.1) is 0 Å². The van der Waals surface area contributed by atoms with Gasteiger partial charge in [-0.25, -0.2) is 4.79 Å². The molecule has 27 heavy (non-hydrogen) atoms. The fourth-order valence-electron chi connectivity index (χ4n) is 2.77. The molecule has 0 aliphatic carbocycles. The van der Waals surface area contributed by atoms with E-state index in [0.29, 0.717) is 43.5 Å². The van der Waals surface area contributed by atoms with Crippen molar-refractivity contribution in [3.05, 3.63) is 35.7 Å². The summed E-state index contributed by atoms with van der Waals surface area (Å²) in [4.78, 5) is 32.4. The SMILES string of the molecule is Cc1noc(-c2ccc(C(=O)N3CCN(C(=O)OC(C)(C)C)CC3)cc2)n1. The largest absolute Gasteiger partial charge is 0.444 e. The summed E-state index contributed by atoms with van der Waals surface area (Å²) in [6, 6.07) is 7.07. The Morgan fingerprint density at radius 1 is 1.04 bits per heavy atom. The van der Waals surface area contributed by atoms with E-state index in [-0.39, 0.29) is 12.0 Å². The maximum atomic E-state index is 12.7. The molecule has 1 aromatic carbocycles. The molecule has 2 heterocycles. The maximum absolute atomic E-state index is 12.7. The number of piperazine rings is 1. The van der Waals surface area contributed by atoms with Crippen molar-refractivity contribution in [2.45, 2.75) is 33.3 Å². The molecule has 2 aromatic rings. The number of ether oxygens (including phenoxy) is 1. The van der Waals surface area contributed by atoms with Gasteiger partial charge in [0.05, 0.1) is 0 Å². The number of nitrogens with zero attached hydrogens (tertiary/aromatic N) is 4. The second-order valence-electron chi connectivity index (χ2n) is 7.48. The first-order chi connectivity index (χ1) is 12.7. The van der Waals surface area contributed by atoms with Gasteiger partial charge < -0.3 is 19.1 Å². The highest BCUT2D eigenvalue weighted by molar-refractivity contribution is 5.94. The molecule has 1 fully saturated rings. The number of hydrogen-bond donors (Lipinski definition) is 0. The van der Waals surface area contributed by atoms with E-state index in [2.05, 4.69) is 10.1 Å². The summed E-state index contributed by atoms with van der Waals surface area (Å²) >= 11 is 0. The van der Waals surface area contributed by atoms with Crippen LogP contribution in [0.2, 0.25) is 0 Å². The highest BCUT2D eigenvalue weighted by atomic mass is 16.6. The molecule has 0 spiro atoms. The Bertz CT molecular complexity index is 815. The molecular weight excluding hydrogens is 348 g/mol. The molecule has 1 aromatic heterocycles.